The van der Waals surface area contributed by atoms with Crippen LogP contribution in [-0.2, 0) is 29.1 Å². The van der Waals surface area contributed by atoms with Crippen LogP contribution in [-0.4, -0.2) is 28.7 Å². The molecule has 0 amide bonds. The van der Waals surface area contributed by atoms with E-state index >= 15 is 0 Å². The van der Waals surface area contributed by atoms with Crippen molar-refractivity contribution in [1.82, 2.24) is 14.5 Å². The predicted octanol–water partition coefficient (Wildman–Crippen LogP) is 2.43. The van der Waals surface area contributed by atoms with Gasteiger partial charge in [-0.05, 0) is 31.4 Å². The third-order valence-corrected chi connectivity index (χ3v) is 5.72. The van der Waals surface area contributed by atoms with Gasteiger partial charge in [0, 0.05) is 36.3 Å². The van der Waals surface area contributed by atoms with E-state index in [4.69, 9.17) is 0 Å². The molecule has 0 aromatic carbocycles. The molecule has 2 heterocycles. The summed E-state index contributed by atoms with van der Waals surface area (Å²) in [5.74, 6) is 0.181. The van der Waals surface area contributed by atoms with Crippen LogP contribution in [0.4, 0.5) is 0 Å². The van der Waals surface area contributed by atoms with E-state index in [9.17, 15) is 13.2 Å². The maximum atomic E-state index is 12.0. The summed E-state index contributed by atoms with van der Waals surface area (Å²) in [6.45, 7) is 5.49. The van der Waals surface area contributed by atoms with Crippen molar-refractivity contribution in [2.24, 2.45) is 7.05 Å². The van der Waals surface area contributed by atoms with Crippen molar-refractivity contribution < 1.29 is 8.42 Å². The van der Waals surface area contributed by atoms with Gasteiger partial charge in [0.1, 0.15) is 11.6 Å². The van der Waals surface area contributed by atoms with Gasteiger partial charge in [0.05, 0.1) is 5.69 Å². The molecule has 6 nitrogen and oxygen atoms in total. The highest BCUT2D eigenvalue weighted by atomic mass is 32.2. The summed E-state index contributed by atoms with van der Waals surface area (Å²) < 4.78 is 25.3. The van der Waals surface area contributed by atoms with Crippen molar-refractivity contribution in [2.75, 3.05) is 5.75 Å². The smallest absolute Gasteiger partial charge is 0.253 e. The quantitative estimate of drug-likeness (QED) is 0.754. The fraction of sp³-hybridized carbons (Fsp3) is 0.500. The van der Waals surface area contributed by atoms with Gasteiger partial charge in [-0.15, -0.1) is 0 Å². The van der Waals surface area contributed by atoms with Crippen LogP contribution in [0.3, 0.4) is 0 Å². The molecule has 2 aromatic heterocycles. The first-order chi connectivity index (χ1) is 11.8. The minimum atomic E-state index is -3.20. The summed E-state index contributed by atoms with van der Waals surface area (Å²) in [6.07, 6.45) is 6.31. The van der Waals surface area contributed by atoms with E-state index in [1.807, 2.05) is 0 Å². The Morgan fingerprint density at radius 1 is 1.24 bits per heavy atom. The fourth-order valence-electron chi connectivity index (χ4n) is 2.62. The molecule has 0 aliphatic rings. The van der Waals surface area contributed by atoms with Gasteiger partial charge in [-0.1, -0.05) is 20.3 Å². The number of nitrogens with zero attached hydrogens (tertiary/aromatic N) is 3. The monoisotopic (exact) mass is 363 g/mol. The van der Waals surface area contributed by atoms with Crippen LogP contribution < -0.4 is 5.56 Å². The molecule has 0 unspecified atom stereocenters. The molecule has 0 atom stereocenters. The van der Waals surface area contributed by atoms with Crippen molar-refractivity contribution in [3.63, 3.8) is 0 Å². The van der Waals surface area contributed by atoms with Crippen LogP contribution >= 0.6 is 0 Å². The van der Waals surface area contributed by atoms with Gasteiger partial charge in [-0.2, -0.15) is 0 Å². The lowest BCUT2D eigenvalue weighted by Gasteiger charge is -2.12. The highest BCUT2D eigenvalue weighted by molar-refractivity contribution is 7.90. The molecule has 0 saturated carbocycles. The molecule has 2 aromatic rings. The molecule has 2 rings (SSSR count). The molecule has 25 heavy (non-hydrogen) atoms. The van der Waals surface area contributed by atoms with E-state index in [0.717, 1.165) is 30.4 Å². The highest BCUT2D eigenvalue weighted by Crippen LogP contribution is 2.23. The lowest BCUT2D eigenvalue weighted by Crippen LogP contribution is -2.19. The van der Waals surface area contributed by atoms with Crippen molar-refractivity contribution in [3.8, 4) is 11.3 Å². The van der Waals surface area contributed by atoms with Gasteiger partial charge in [-0.25, -0.2) is 18.4 Å². The van der Waals surface area contributed by atoms with Crippen LogP contribution in [0.15, 0.2) is 23.3 Å². The predicted molar refractivity (Wildman–Crippen MR) is 99.2 cm³/mol. The van der Waals surface area contributed by atoms with Crippen LogP contribution in [0.25, 0.3) is 11.3 Å². The Bertz CT molecular complexity index is 891. The maximum Gasteiger partial charge on any atom is 0.253 e. The standard InChI is InChI=1S/C18H25N3O3S/c1-5-7-8-14-10-19-16(12-25(23,24)6-2)20-17(14)15-9-13(3)18(22)21(4)11-15/h9-11H,5-8,12H2,1-4H3. The zero-order valence-electron chi connectivity index (χ0n) is 15.2. The van der Waals surface area contributed by atoms with Crippen molar-refractivity contribution in [2.45, 2.75) is 45.8 Å². The zero-order chi connectivity index (χ0) is 18.6. The minimum Gasteiger partial charge on any atom is -0.318 e. The van der Waals surface area contributed by atoms with Gasteiger partial charge in [-0.3, -0.25) is 4.79 Å². The second-order valence-electron chi connectivity index (χ2n) is 6.27. The van der Waals surface area contributed by atoms with E-state index in [1.165, 1.54) is 4.57 Å². The van der Waals surface area contributed by atoms with Crippen molar-refractivity contribution >= 4 is 9.84 Å². The molecule has 0 spiro atoms. The van der Waals surface area contributed by atoms with Gasteiger partial charge in [0.25, 0.3) is 5.56 Å². The third kappa shape index (κ3) is 4.75. The Labute approximate surface area is 148 Å². The molecule has 0 radical (unpaired) electrons. The second kappa shape index (κ2) is 7.91. The first-order valence-corrected chi connectivity index (χ1v) is 10.3. The number of pyridine rings is 1. The number of rotatable bonds is 7. The maximum absolute atomic E-state index is 12.0. The average Bonchev–Trinajstić information content (AvgIpc) is 2.57. The molecule has 0 saturated heterocycles. The Kier molecular flexibility index (Phi) is 6.11. The Hall–Kier alpha value is -2.02. The van der Waals surface area contributed by atoms with Gasteiger partial charge < -0.3 is 4.57 Å². The summed E-state index contributed by atoms with van der Waals surface area (Å²) in [5, 5.41) is 0. The van der Waals surface area contributed by atoms with Gasteiger partial charge >= 0.3 is 0 Å². The molecule has 0 aliphatic carbocycles. The summed E-state index contributed by atoms with van der Waals surface area (Å²) >= 11 is 0. The largest absolute Gasteiger partial charge is 0.318 e. The minimum absolute atomic E-state index is 0.0540. The van der Waals surface area contributed by atoms with E-state index in [0.29, 0.717) is 17.1 Å². The second-order valence-corrected chi connectivity index (χ2v) is 8.62. The normalized spacial score (nSPS) is 11.7. The molecule has 136 valence electrons. The first kappa shape index (κ1) is 19.3. The number of aryl methyl sites for hydroxylation is 3. The van der Waals surface area contributed by atoms with Crippen LogP contribution in [0.1, 0.15) is 43.6 Å². The number of aromatic nitrogens is 3. The molecule has 0 aliphatic heterocycles. The number of hydrogen-bond acceptors (Lipinski definition) is 5. The molecule has 0 fully saturated rings. The zero-order valence-corrected chi connectivity index (χ0v) is 16.1. The number of unbranched alkanes of at least 4 members (excludes halogenated alkanes) is 1. The average molecular weight is 363 g/mol. The van der Waals surface area contributed by atoms with E-state index < -0.39 is 9.84 Å². The Morgan fingerprint density at radius 2 is 1.96 bits per heavy atom. The van der Waals surface area contributed by atoms with E-state index in [2.05, 4.69) is 16.9 Å². The molecule has 7 heteroatoms. The first-order valence-electron chi connectivity index (χ1n) is 8.50. The summed E-state index contributed by atoms with van der Waals surface area (Å²) in [4.78, 5) is 20.7. The molecular weight excluding hydrogens is 338 g/mol. The van der Waals surface area contributed by atoms with Crippen molar-refractivity contribution in [1.29, 1.82) is 0 Å². The molecule has 0 N–H and O–H groups in total. The molecular formula is C18H25N3O3S. The molecule has 0 bridgehead atoms. The summed E-state index contributed by atoms with van der Waals surface area (Å²) in [7, 11) is -1.50. The van der Waals surface area contributed by atoms with E-state index in [1.54, 1.807) is 39.4 Å². The third-order valence-electron chi connectivity index (χ3n) is 4.14. The van der Waals surface area contributed by atoms with Crippen LogP contribution in [0, 0.1) is 6.92 Å². The van der Waals surface area contributed by atoms with Crippen molar-refractivity contribution in [3.05, 3.63) is 45.8 Å². The highest BCUT2D eigenvalue weighted by Gasteiger charge is 2.16. The number of sulfone groups is 1. The Balaban J connectivity index is 2.57. The van der Waals surface area contributed by atoms with Crippen LogP contribution in [0.5, 0.6) is 0 Å². The summed E-state index contributed by atoms with van der Waals surface area (Å²) in [5.41, 5.74) is 3.06. The summed E-state index contributed by atoms with van der Waals surface area (Å²) in [6, 6.07) is 1.80. The lowest BCUT2D eigenvalue weighted by atomic mass is 10.0. The fourth-order valence-corrected chi connectivity index (χ4v) is 3.36. The van der Waals surface area contributed by atoms with Gasteiger partial charge in [0.15, 0.2) is 9.84 Å². The lowest BCUT2D eigenvalue weighted by molar-refractivity contribution is 0.595. The SMILES string of the molecule is CCCCc1cnc(CS(=O)(=O)CC)nc1-c1cc(C)c(=O)n(C)c1. The topological polar surface area (TPSA) is 81.9 Å². The number of hydrogen-bond donors (Lipinski definition) is 0. The Morgan fingerprint density at radius 3 is 2.56 bits per heavy atom. The van der Waals surface area contributed by atoms with Gasteiger partial charge in [0.2, 0.25) is 0 Å². The van der Waals surface area contributed by atoms with Crippen LogP contribution in [0.2, 0.25) is 0 Å². The van der Waals surface area contributed by atoms with E-state index in [-0.39, 0.29) is 17.1 Å².